The smallest absolute Gasteiger partial charge is 0.113 e. The number of hydrogen-bond donors (Lipinski definition) is 0. The topological polar surface area (TPSA) is 39.9 Å². The van der Waals surface area contributed by atoms with Crippen molar-refractivity contribution in [2.75, 3.05) is 13.7 Å². The molecule has 0 saturated heterocycles. The molecule has 2 aromatic rings. The molecule has 1 aromatic carbocycles. The number of ether oxygens (including phenoxy) is 1. The predicted molar refractivity (Wildman–Crippen MR) is 66.7 cm³/mol. The highest BCUT2D eigenvalue weighted by molar-refractivity contribution is 14.1. The Kier molecular flexibility index (Phi) is 3.53. The van der Waals surface area contributed by atoms with Gasteiger partial charge >= 0.3 is 0 Å². The molecule has 0 unspecified atom stereocenters. The molecule has 0 bridgehead atoms. The Morgan fingerprint density at radius 3 is 3.13 bits per heavy atom. The molecule has 15 heavy (non-hydrogen) atoms. The molecule has 0 aliphatic carbocycles. The predicted octanol–water partition coefficient (Wildman–Crippen LogP) is 2.07. The van der Waals surface area contributed by atoms with Gasteiger partial charge in [0.15, 0.2) is 0 Å². The van der Waals surface area contributed by atoms with Crippen molar-refractivity contribution in [3.8, 4) is 0 Å². The normalized spacial score (nSPS) is 11.1. The summed E-state index contributed by atoms with van der Waals surface area (Å²) in [7, 11) is 1.71. The average Bonchev–Trinajstić information content (AvgIpc) is 2.62. The first-order chi connectivity index (χ1) is 7.31. The van der Waals surface area contributed by atoms with Gasteiger partial charge in [-0.1, -0.05) is 5.21 Å². The van der Waals surface area contributed by atoms with Crippen LogP contribution in [0.4, 0.5) is 0 Å². The maximum atomic E-state index is 5.01. The van der Waals surface area contributed by atoms with Crippen LogP contribution < -0.4 is 0 Å². The van der Waals surface area contributed by atoms with Crippen molar-refractivity contribution in [1.29, 1.82) is 0 Å². The molecule has 1 aromatic heterocycles. The number of aryl methyl sites for hydroxylation is 1. The number of halogens is 1. The van der Waals surface area contributed by atoms with Gasteiger partial charge in [-0.15, -0.1) is 5.10 Å². The molecule has 0 N–H and O–H groups in total. The van der Waals surface area contributed by atoms with Gasteiger partial charge in [0.25, 0.3) is 0 Å². The van der Waals surface area contributed by atoms with Crippen molar-refractivity contribution in [3.63, 3.8) is 0 Å². The molecule has 0 amide bonds. The van der Waals surface area contributed by atoms with Gasteiger partial charge in [-0.3, -0.25) is 0 Å². The van der Waals surface area contributed by atoms with Crippen molar-refractivity contribution < 1.29 is 4.74 Å². The summed E-state index contributed by atoms with van der Waals surface area (Å²) in [4.78, 5) is 0. The molecule has 0 aliphatic heterocycles. The minimum absolute atomic E-state index is 0.755. The van der Waals surface area contributed by atoms with Crippen molar-refractivity contribution in [1.82, 2.24) is 15.0 Å². The average molecular weight is 317 g/mol. The first kappa shape index (κ1) is 10.8. The lowest BCUT2D eigenvalue weighted by Crippen LogP contribution is -2.03. The highest BCUT2D eigenvalue weighted by atomic mass is 127. The summed E-state index contributed by atoms with van der Waals surface area (Å²) in [5.74, 6) is 0. The molecular formula is C10H12IN3O. The van der Waals surface area contributed by atoms with Gasteiger partial charge in [-0.05, 0) is 47.2 Å². The molecule has 0 spiro atoms. The standard InChI is InChI=1S/C10H12IN3O/c1-15-6-2-5-14-10-7-8(11)3-4-9(10)12-13-14/h3-4,7H,2,5-6H2,1H3. The molecule has 5 heteroatoms. The molecule has 2 rings (SSSR count). The summed E-state index contributed by atoms with van der Waals surface area (Å²) in [5, 5.41) is 8.22. The van der Waals surface area contributed by atoms with Gasteiger partial charge in [0.1, 0.15) is 5.52 Å². The van der Waals surface area contributed by atoms with Crippen LogP contribution in [0.3, 0.4) is 0 Å². The molecule has 80 valence electrons. The lowest BCUT2D eigenvalue weighted by Gasteiger charge is -2.01. The second kappa shape index (κ2) is 4.89. The maximum absolute atomic E-state index is 5.01. The summed E-state index contributed by atoms with van der Waals surface area (Å²) in [6.07, 6.45) is 0.959. The fraction of sp³-hybridized carbons (Fsp3) is 0.400. The van der Waals surface area contributed by atoms with Gasteiger partial charge in [0, 0.05) is 23.8 Å². The molecule has 0 atom stereocenters. The van der Waals surface area contributed by atoms with Crippen molar-refractivity contribution in [2.24, 2.45) is 0 Å². The van der Waals surface area contributed by atoms with Crippen LogP contribution in [0.25, 0.3) is 11.0 Å². The number of nitrogens with zero attached hydrogens (tertiary/aromatic N) is 3. The first-order valence-corrected chi connectivity index (χ1v) is 5.87. The van der Waals surface area contributed by atoms with Crippen molar-refractivity contribution in [2.45, 2.75) is 13.0 Å². The number of fused-ring (bicyclic) bond motifs is 1. The van der Waals surface area contributed by atoms with Gasteiger partial charge in [-0.25, -0.2) is 4.68 Å². The van der Waals surface area contributed by atoms with E-state index in [1.807, 2.05) is 16.8 Å². The largest absolute Gasteiger partial charge is 0.385 e. The summed E-state index contributed by atoms with van der Waals surface area (Å²) in [6, 6.07) is 6.14. The zero-order valence-electron chi connectivity index (χ0n) is 8.48. The second-order valence-electron chi connectivity index (χ2n) is 3.29. The van der Waals surface area contributed by atoms with E-state index in [2.05, 4.69) is 39.0 Å². The Bertz CT molecular complexity index is 455. The third-order valence-corrected chi connectivity index (χ3v) is 2.87. The quantitative estimate of drug-likeness (QED) is 0.640. The molecule has 1 heterocycles. The zero-order chi connectivity index (χ0) is 10.7. The van der Waals surface area contributed by atoms with E-state index in [0.717, 1.165) is 30.6 Å². The van der Waals surface area contributed by atoms with E-state index in [1.165, 1.54) is 3.57 Å². The second-order valence-corrected chi connectivity index (χ2v) is 4.54. The minimum atomic E-state index is 0.755. The van der Waals surface area contributed by atoms with E-state index in [-0.39, 0.29) is 0 Å². The van der Waals surface area contributed by atoms with Crippen molar-refractivity contribution in [3.05, 3.63) is 21.8 Å². The van der Waals surface area contributed by atoms with Crippen LogP contribution in [-0.2, 0) is 11.3 Å². The van der Waals surface area contributed by atoms with Crippen molar-refractivity contribution >= 4 is 33.6 Å². The van der Waals surface area contributed by atoms with Gasteiger partial charge in [-0.2, -0.15) is 0 Å². The summed E-state index contributed by atoms with van der Waals surface area (Å²) in [5.41, 5.74) is 2.05. The highest BCUT2D eigenvalue weighted by Gasteiger charge is 2.03. The zero-order valence-corrected chi connectivity index (χ0v) is 10.6. The van der Waals surface area contributed by atoms with E-state index in [4.69, 9.17) is 4.74 Å². The monoisotopic (exact) mass is 317 g/mol. The van der Waals surface area contributed by atoms with E-state index < -0.39 is 0 Å². The highest BCUT2D eigenvalue weighted by Crippen LogP contribution is 2.15. The number of hydrogen-bond acceptors (Lipinski definition) is 3. The van der Waals surface area contributed by atoms with Crippen LogP contribution in [0.1, 0.15) is 6.42 Å². The first-order valence-electron chi connectivity index (χ1n) is 4.79. The lowest BCUT2D eigenvalue weighted by atomic mass is 10.3. The van der Waals surface area contributed by atoms with Gasteiger partial charge in [0.05, 0.1) is 5.52 Å². The van der Waals surface area contributed by atoms with Gasteiger partial charge < -0.3 is 4.74 Å². The van der Waals surface area contributed by atoms with Gasteiger partial charge in [0.2, 0.25) is 0 Å². The fourth-order valence-electron chi connectivity index (χ4n) is 1.46. The van der Waals surface area contributed by atoms with Crippen LogP contribution >= 0.6 is 22.6 Å². The Labute approximate surface area is 102 Å². The Morgan fingerprint density at radius 1 is 1.47 bits per heavy atom. The maximum Gasteiger partial charge on any atom is 0.113 e. The van der Waals surface area contributed by atoms with E-state index >= 15 is 0 Å². The molecule has 0 radical (unpaired) electrons. The number of aromatic nitrogens is 3. The van der Waals surface area contributed by atoms with Crippen LogP contribution in [-0.4, -0.2) is 28.7 Å². The number of benzene rings is 1. The number of methoxy groups -OCH3 is 1. The molecular weight excluding hydrogens is 305 g/mol. The Hall–Kier alpha value is -0.690. The summed E-state index contributed by atoms with van der Waals surface area (Å²) < 4.78 is 8.14. The van der Waals surface area contributed by atoms with E-state index in [1.54, 1.807) is 7.11 Å². The fourth-order valence-corrected chi connectivity index (χ4v) is 1.94. The summed E-state index contributed by atoms with van der Waals surface area (Å²) in [6.45, 7) is 1.61. The third kappa shape index (κ3) is 2.46. The van der Waals surface area contributed by atoms with Crippen LogP contribution in [0.2, 0.25) is 0 Å². The molecule has 0 saturated carbocycles. The minimum Gasteiger partial charge on any atom is -0.385 e. The summed E-state index contributed by atoms with van der Waals surface area (Å²) >= 11 is 2.29. The SMILES string of the molecule is COCCCn1nnc2ccc(I)cc21. The molecule has 0 aliphatic rings. The van der Waals surface area contributed by atoms with Crippen LogP contribution in [0.15, 0.2) is 18.2 Å². The third-order valence-electron chi connectivity index (χ3n) is 2.19. The molecule has 4 nitrogen and oxygen atoms in total. The Balaban J connectivity index is 2.23. The van der Waals surface area contributed by atoms with E-state index in [9.17, 15) is 0 Å². The molecule has 0 fully saturated rings. The van der Waals surface area contributed by atoms with E-state index in [0.29, 0.717) is 0 Å². The lowest BCUT2D eigenvalue weighted by molar-refractivity contribution is 0.189. The van der Waals surface area contributed by atoms with Crippen LogP contribution in [0.5, 0.6) is 0 Å². The number of rotatable bonds is 4. The Morgan fingerprint density at radius 2 is 2.33 bits per heavy atom. The van der Waals surface area contributed by atoms with Crippen LogP contribution in [0, 0.1) is 3.57 Å².